The quantitative estimate of drug-likeness (QED) is 0.177. The topological polar surface area (TPSA) is 27.7 Å². The van der Waals surface area contributed by atoms with Crippen LogP contribution in [0.4, 0.5) is 0 Å². The molecule has 0 amide bonds. The molecule has 0 aromatic heterocycles. The summed E-state index contributed by atoms with van der Waals surface area (Å²) in [5, 5.41) is 0. The minimum atomic E-state index is -2.84. The van der Waals surface area contributed by atoms with Crippen molar-refractivity contribution >= 4 is 30.7 Å². The van der Waals surface area contributed by atoms with Crippen LogP contribution in [-0.2, 0) is 0 Å². The fourth-order valence-electron chi connectivity index (χ4n) is 6.06. The molecule has 3 nitrogen and oxygen atoms in total. The SMILES string of the molecule is COc1cc(C(C)C)[c]([Sb]([c]2c(C(C)C)cc(OC)cc2C(C)C)[c]2c(C(C)C)cc(OC)cc2C(C)C)c(C(C)C)c1. The molecular formula is C39H57O3Sb. The van der Waals surface area contributed by atoms with Gasteiger partial charge < -0.3 is 0 Å². The van der Waals surface area contributed by atoms with E-state index in [-0.39, 0.29) is 0 Å². The number of hydrogen-bond donors (Lipinski definition) is 0. The standard InChI is InChI=1S/3C13H19O.Sb/c3*1-9(2)11-6-12(10(3)4)8-13(7-11)14-5;/h3*7-10H,1-5H3;. The zero-order valence-corrected chi connectivity index (χ0v) is 32.2. The van der Waals surface area contributed by atoms with E-state index in [9.17, 15) is 0 Å². The van der Waals surface area contributed by atoms with Crippen molar-refractivity contribution in [3.05, 3.63) is 69.8 Å². The van der Waals surface area contributed by atoms with Gasteiger partial charge in [-0.2, -0.15) is 0 Å². The van der Waals surface area contributed by atoms with E-state index in [1.54, 1.807) is 31.9 Å². The van der Waals surface area contributed by atoms with E-state index in [2.05, 4.69) is 119 Å². The van der Waals surface area contributed by atoms with Gasteiger partial charge in [-0.3, -0.25) is 0 Å². The third kappa shape index (κ3) is 7.41. The summed E-state index contributed by atoms with van der Waals surface area (Å²) in [5.41, 5.74) is 8.62. The van der Waals surface area contributed by atoms with Gasteiger partial charge in [-0.05, 0) is 0 Å². The van der Waals surface area contributed by atoms with Crippen LogP contribution in [0.3, 0.4) is 0 Å². The molecule has 0 unspecified atom stereocenters. The predicted octanol–water partition coefficient (Wildman–Crippen LogP) is 8.97. The number of methoxy groups -OCH3 is 3. The summed E-state index contributed by atoms with van der Waals surface area (Å²) in [6.45, 7) is 28.2. The van der Waals surface area contributed by atoms with Crippen molar-refractivity contribution in [3.8, 4) is 17.2 Å². The zero-order chi connectivity index (χ0) is 32.3. The molecule has 236 valence electrons. The van der Waals surface area contributed by atoms with Crippen LogP contribution in [0.5, 0.6) is 17.2 Å². The molecule has 43 heavy (non-hydrogen) atoms. The molecule has 3 aromatic carbocycles. The van der Waals surface area contributed by atoms with E-state index in [0.29, 0.717) is 35.5 Å². The Hall–Kier alpha value is -2.12. The summed E-state index contributed by atoms with van der Waals surface area (Å²) >= 11 is -2.84. The monoisotopic (exact) mass is 694 g/mol. The van der Waals surface area contributed by atoms with Gasteiger partial charge in [0.1, 0.15) is 0 Å². The third-order valence-electron chi connectivity index (χ3n) is 8.54. The molecule has 0 radical (unpaired) electrons. The van der Waals surface area contributed by atoms with Crippen molar-refractivity contribution in [2.24, 2.45) is 0 Å². The van der Waals surface area contributed by atoms with E-state index in [1.807, 2.05) is 0 Å². The van der Waals surface area contributed by atoms with E-state index in [4.69, 9.17) is 14.2 Å². The van der Waals surface area contributed by atoms with Crippen molar-refractivity contribution in [3.63, 3.8) is 0 Å². The molecule has 0 aliphatic carbocycles. The molecule has 0 saturated carbocycles. The van der Waals surface area contributed by atoms with E-state index >= 15 is 0 Å². The Bertz CT molecular complexity index is 1140. The number of hydrogen-bond acceptors (Lipinski definition) is 3. The number of benzene rings is 3. The first-order valence-electron chi connectivity index (χ1n) is 16.1. The van der Waals surface area contributed by atoms with Crippen LogP contribution in [0, 0.1) is 0 Å². The molecule has 0 fully saturated rings. The van der Waals surface area contributed by atoms with E-state index in [0.717, 1.165) is 17.2 Å². The second-order valence-corrected chi connectivity index (χ2v) is 19.5. The van der Waals surface area contributed by atoms with Gasteiger partial charge in [0.2, 0.25) is 0 Å². The molecule has 0 aliphatic rings. The second-order valence-electron chi connectivity index (χ2n) is 13.7. The van der Waals surface area contributed by atoms with Gasteiger partial charge in [0.15, 0.2) is 0 Å². The fraction of sp³-hybridized carbons (Fsp3) is 0.538. The zero-order valence-electron chi connectivity index (χ0n) is 29.6. The van der Waals surface area contributed by atoms with Gasteiger partial charge in [-0.25, -0.2) is 0 Å². The summed E-state index contributed by atoms with van der Waals surface area (Å²) < 4.78 is 22.6. The molecule has 0 aliphatic heterocycles. The molecule has 0 atom stereocenters. The predicted molar refractivity (Wildman–Crippen MR) is 188 cm³/mol. The summed E-state index contributed by atoms with van der Waals surface area (Å²) in [5.74, 6) is 5.05. The van der Waals surface area contributed by atoms with Crippen LogP contribution < -0.4 is 24.7 Å². The maximum absolute atomic E-state index is 5.94. The van der Waals surface area contributed by atoms with Crippen molar-refractivity contribution in [2.75, 3.05) is 21.3 Å². The summed E-state index contributed by atoms with van der Waals surface area (Å²) in [6, 6.07) is 14.0. The molecule has 0 spiro atoms. The first-order valence-corrected chi connectivity index (χ1v) is 20.0. The Balaban J connectivity index is 2.80. The van der Waals surface area contributed by atoms with Crippen molar-refractivity contribution in [1.82, 2.24) is 0 Å². The summed E-state index contributed by atoms with van der Waals surface area (Å²) in [6.07, 6.45) is 0. The molecule has 0 saturated heterocycles. The van der Waals surface area contributed by atoms with Crippen LogP contribution in [-0.4, -0.2) is 41.5 Å². The Morgan fingerprint density at radius 3 is 0.628 bits per heavy atom. The van der Waals surface area contributed by atoms with Crippen molar-refractivity contribution < 1.29 is 14.2 Å². The van der Waals surface area contributed by atoms with Gasteiger partial charge >= 0.3 is 272 Å². The van der Waals surface area contributed by atoms with Gasteiger partial charge in [0.25, 0.3) is 0 Å². The Kier molecular flexibility index (Phi) is 12.1. The van der Waals surface area contributed by atoms with Crippen LogP contribution >= 0.6 is 0 Å². The average Bonchev–Trinajstić information content (AvgIpc) is 2.96. The van der Waals surface area contributed by atoms with E-state index in [1.165, 1.54) is 33.4 Å². The van der Waals surface area contributed by atoms with Crippen LogP contribution in [0.15, 0.2) is 36.4 Å². The summed E-state index contributed by atoms with van der Waals surface area (Å²) in [4.78, 5) is 0. The first-order chi connectivity index (χ1) is 20.2. The van der Waals surface area contributed by atoms with Crippen LogP contribution in [0.1, 0.15) is 152 Å². The molecule has 3 aromatic rings. The number of ether oxygens (including phenoxy) is 3. The molecule has 4 heteroatoms. The normalized spacial score (nSPS) is 12.1. The molecule has 3 rings (SSSR count). The third-order valence-corrected chi connectivity index (χ3v) is 16.8. The van der Waals surface area contributed by atoms with Crippen LogP contribution in [0.25, 0.3) is 0 Å². The minimum absolute atomic E-state index is 0.362. The molecule has 0 heterocycles. The first kappa shape index (κ1) is 35.4. The number of rotatable bonds is 12. The maximum atomic E-state index is 5.94. The Labute approximate surface area is 270 Å². The van der Waals surface area contributed by atoms with Gasteiger partial charge in [-0.1, -0.05) is 0 Å². The van der Waals surface area contributed by atoms with Gasteiger partial charge in [-0.15, -0.1) is 0 Å². The molecule has 0 N–H and O–H groups in total. The van der Waals surface area contributed by atoms with Crippen molar-refractivity contribution in [2.45, 2.75) is 119 Å². The van der Waals surface area contributed by atoms with Crippen LogP contribution in [0.2, 0.25) is 0 Å². The van der Waals surface area contributed by atoms with Gasteiger partial charge in [0.05, 0.1) is 0 Å². The Morgan fingerprint density at radius 2 is 0.512 bits per heavy atom. The van der Waals surface area contributed by atoms with E-state index < -0.39 is 20.2 Å². The average molecular weight is 696 g/mol. The van der Waals surface area contributed by atoms with Crippen molar-refractivity contribution in [1.29, 1.82) is 0 Å². The second kappa shape index (κ2) is 14.8. The Morgan fingerprint density at radius 1 is 0.349 bits per heavy atom. The molecular weight excluding hydrogens is 638 g/mol. The summed E-state index contributed by atoms with van der Waals surface area (Å²) in [7, 11) is 5.41. The fourth-order valence-corrected chi connectivity index (χ4v) is 17.9. The molecule has 0 bridgehead atoms. The van der Waals surface area contributed by atoms with Gasteiger partial charge in [0, 0.05) is 0 Å².